The lowest BCUT2D eigenvalue weighted by Crippen LogP contribution is -2.22. The monoisotopic (exact) mass is 372 g/mol. The molecule has 142 valence electrons. The number of aromatic nitrogens is 2. The molecule has 0 atom stereocenters. The van der Waals surface area contributed by atoms with E-state index >= 15 is 0 Å². The van der Waals surface area contributed by atoms with Gasteiger partial charge in [0.25, 0.3) is 0 Å². The smallest absolute Gasteiger partial charge is 0.141 e. The fraction of sp³-hybridized carbons (Fsp3) is 0.250. The van der Waals surface area contributed by atoms with Crippen LogP contribution in [0.3, 0.4) is 0 Å². The molecule has 0 fully saturated rings. The number of aromatic hydroxyl groups is 2. The molecule has 0 bridgehead atoms. The molecule has 4 aromatic rings. The SMILES string of the molecule is CC(C)c1c(O)cc(C(C)(C)c2ncc(O)c3ccccc23)c2cccnc12. The van der Waals surface area contributed by atoms with Crippen molar-refractivity contribution in [1.82, 2.24) is 9.97 Å². The Kier molecular flexibility index (Phi) is 4.22. The van der Waals surface area contributed by atoms with Crippen molar-refractivity contribution in [3.05, 3.63) is 71.7 Å². The fourth-order valence-electron chi connectivity index (χ4n) is 4.14. The van der Waals surface area contributed by atoms with Crippen LogP contribution in [0.4, 0.5) is 0 Å². The average molecular weight is 372 g/mol. The van der Waals surface area contributed by atoms with Crippen molar-refractivity contribution in [2.75, 3.05) is 0 Å². The molecule has 2 N–H and O–H groups in total. The minimum Gasteiger partial charge on any atom is -0.508 e. The molecule has 4 nitrogen and oxygen atoms in total. The van der Waals surface area contributed by atoms with Crippen LogP contribution in [0.25, 0.3) is 21.7 Å². The molecule has 0 unspecified atom stereocenters. The standard InChI is InChI=1S/C24H24N2O2/c1-14(2)21-19(27)12-18(17-10-7-11-25-22(17)21)24(3,4)23-16-9-6-5-8-15(16)20(28)13-26-23/h5-14,27-28H,1-4H3. The van der Waals surface area contributed by atoms with Crippen LogP contribution in [-0.4, -0.2) is 20.2 Å². The van der Waals surface area contributed by atoms with Crippen LogP contribution in [0.1, 0.15) is 50.4 Å². The second-order valence-corrected chi connectivity index (χ2v) is 8.07. The summed E-state index contributed by atoms with van der Waals surface area (Å²) in [5, 5.41) is 23.7. The molecule has 28 heavy (non-hydrogen) atoms. The molecule has 0 aliphatic carbocycles. The summed E-state index contributed by atoms with van der Waals surface area (Å²) in [5.41, 5.74) is 2.98. The lowest BCUT2D eigenvalue weighted by Gasteiger charge is -2.29. The van der Waals surface area contributed by atoms with Gasteiger partial charge in [0.2, 0.25) is 0 Å². The molecular weight excluding hydrogens is 348 g/mol. The van der Waals surface area contributed by atoms with Crippen molar-refractivity contribution in [3.63, 3.8) is 0 Å². The molecule has 0 amide bonds. The van der Waals surface area contributed by atoms with Gasteiger partial charge in [-0.15, -0.1) is 0 Å². The van der Waals surface area contributed by atoms with E-state index in [2.05, 4.69) is 37.7 Å². The van der Waals surface area contributed by atoms with Crippen LogP contribution in [-0.2, 0) is 5.41 Å². The zero-order valence-electron chi connectivity index (χ0n) is 16.6. The fourth-order valence-corrected chi connectivity index (χ4v) is 4.14. The summed E-state index contributed by atoms with van der Waals surface area (Å²) >= 11 is 0. The summed E-state index contributed by atoms with van der Waals surface area (Å²) in [6, 6.07) is 13.5. The van der Waals surface area contributed by atoms with E-state index in [0.717, 1.165) is 38.5 Å². The molecular formula is C24H24N2O2. The molecule has 4 heteroatoms. The van der Waals surface area contributed by atoms with Crippen LogP contribution < -0.4 is 0 Å². The number of phenolic OH excluding ortho intramolecular Hbond substituents is 1. The number of hydrogen-bond acceptors (Lipinski definition) is 4. The minimum atomic E-state index is -0.512. The van der Waals surface area contributed by atoms with Gasteiger partial charge in [-0.05, 0) is 23.6 Å². The minimum absolute atomic E-state index is 0.155. The molecule has 2 aromatic heterocycles. The van der Waals surface area contributed by atoms with E-state index in [1.807, 2.05) is 42.5 Å². The molecule has 0 radical (unpaired) electrons. The van der Waals surface area contributed by atoms with Gasteiger partial charge < -0.3 is 10.2 Å². The van der Waals surface area contributed by atoms with Gasteiger partial charge in [-0.25, -0.2) is 0 Å². The van der Waals surface area contributed by atoms with Crippen molar-refractivity contribution in [1.29, 1.82) is 0 Å². The topological polar surface area (TPSA) is 66.2 Å². The third-order valence-corrected chi connectivity index (χ3v) is 5.53. The number of phenols is 1. The highest BCUT2D eigenvalue weighted by molar-refractivity contribution is 5.93. The van der Waals surface area contributed by atoms with Crippen LogP contribution in [0.15, 0.2) is 54.9 Å². The Labute approximate surface area is 164 Å². The summed E-state index contributed by atoms with van der Waals surface area (Å²) in [4.78, 5) is 9.18. The Hall–Kier alpha value is -3.14. The maximum absolute atomic E-state index is 10.8. The molecule has 0 aliphatic heterocycles. The summed E-state index contributed by atoms with van der Waals surface area (Å²) in [5.74, 6) is 0.578. The highest BCUT2D eigenvalue weighted by atomic mass is 16.3. The highest BCUT2D eigenvalue weighted by Crippen LogP contribution is 2.43. The Bertz CT molecular complexity index is 1200. The van der Waals surface area contributed by atoms with E-state index in [1.54, 1.807) is 6.20 Å². The van der Waals surface area contributed by atoms with E-state index in [4.69, 9.17) is 0 Å². The van der Waals surface area contributed by atoms with Gasteiger partial charge in [0.05, 0.1) is 17.4 Å². The largest absolute Gasteiger partial charge is 0.508 e. The Morgan fingerprint density at radius 1 is 0.857 bits per heavy atom. The maximum Gasteiger partial charge on any atom is 0.141 e. The van der Waals surface area contributed by atoms with Crippen molar-refractivity contribution in [2.24, 2.45) is 0 Å². The first-order valence-corrected chi connectivity index (χ1v) is 9.50. The number of benzene rings is 2. The maximum atomic E-state index is 10.8. The van der Waals surface area contributed by atoms with E-state index in [0.29, 0.717) is 0 Å². The molecule has 0 saturated carbocycles. The van der Waals surface area contributed by atoms with Gasteiger partial charge in [0.15, 0.2) is 0 Å². The third-order valence-electron chi connectivity index (χ3n) is 5.53. The summed E-state index contributed by atoms with van der Waals surface area (Å²) < 4.78 is 0. The van der Waals surface area contributed by atoms with Crippen molar-refractivity contribution < 1.29 is 10.2 Å². The van der Waals surface area contributed by atoms with Crippen molar-refractivity contribution in [2.45, 2.75) is 39.0 Å². The van der Waals surface area contributed by atoms with Gasteiger partial charge in [0.1, 0.15) is 11.5 Å². The van der Waals surface area contributed by atoms with Gasteiger partial charge in [-0.2, -0.15) is 0 Å². The van der Waals surface area contributed by atoms with Gasteiger partial charge >= 0.3 is 0 Å². The molecule has 2 aromatic carbocycles. The Balaban J connectivity index is 2.06. The van der Waals surface area contributed by atoms with Gasteiger partial charge in [-0.1, -0.05) is 58.0 Å². The van der Waals surface area contributed by atoms with E-state index < -0.39 is 5.41 Å². The average Bonchev–Trinajstić information content (AvgIpc) is 2.67. The van der Waals surface area contributed by atoms with Crippen molar-refractivity contribution in [3.8, 4) is 11.5 Å². The summed E-state index contributed by atoms with van der Waals surface area (Å²) in [7, 11) is 0. The first kappa shape index (κ1) is 18.2. The van der Waals surface area contributed by atoms with Gasteiger partial charge in [-0.3, -0.25) is 9.97 Å². The first-order valence-electron chi connectivity index (χ1n) is 9.50. The Morgan fingerprint density at radius 2 is 1.54 bits per heavy atom. The van der Waals surface area contributed by atoms with E-state index in [1.165, 1.54) is 6.20 Å². The van der Waals surface area contributed by atoms with Gasteiger partial charge in [0, 0.05) is 33.3 Å². The second-order valence-electron chi connectivity index (χ2n) is 8.07. The molecule has 0 spiro atoms. The Morgan fingerprint density at radius 3 is 2.25 bits per heavy atom. The lowest BCUT2D eigenvalue weighted by molar-refractivity contribution is 0.463. The quantitative estimate of drug-likeness (QED) is 0.488. The van der Waals surface area contributed by atoms with Crippen LogP contribution in [0, 0.1) is 0 Å². The third kappa shape index (κ3) is 2.68. The zero-order valence-corrected chi connectivity index (χ0v) is 16.6. The predicted molar refractivity (Wildman–Crippen MR) is 113 cm³/mol. The molecule has 2 heterocycles. The van der Waals surface area contributed by atoms with E-state index in [-0.39, 0.29) is 17.4 Å². The van der Waals surface area contributed by atoms with Crippen molar-refractivity contribution >= 4 is 21.7 Å². The number of fused-ring (bicyclic) bond motifs is 2. The highest BCUT2D eigenvalue weighted by Gasteiger charge is 2.31. The number of rotatable bonds is 3. The summed E-state index contributed by atoms with van der Waals surface area (Å²) in [6.07, 6.45) is 3.26. The number of nitrogens with zero attached hydrogens (tertiary/aromatic N) is 2. The van der Waals surface area contributed by atoms with Crippen LogP contribution >= 0.6 is 0 Å². The molecule has 0 saturated heterocycles. The van der Waals surface area contributed by atoms with Crippen LogP contribution in [0.2, 0.25) is 0 Å². The first-order chi connectivity index (χ1) is 13.3. The molecule has 0 aliphatic rings. The second kappa shape index (κ2) is 6.48. The number of pyridine rings is 2. The normalized spacial score (nSPS) is 12.2. The van der Waals surface area contributed by atoms with Crippen LogP contribution in [0.5, 0.6) is 11.5 Å². The number of hydrogen-bond donors (Lipinski definition) is 2. The zero-order chi connectivity index (χ0) is 20.1. The molecule has 4 rings (SSSR count). The summed E-state index contributed by atoms with van der Waals surface area (Å²) in [6.45, 7) is 8.30. The predicted octanol–water partition coefficient (Wildman–Crippen LogP) is 5.64. The lowest BCUT2D eigenvalue weighted by atomic mass is 9.76. The van der Waals surface area contributed by atoms with E-state index in [9.17, 15) is 10.2 Å².